The Kier molecular flexibility index (Phi) is 4.70. The number of benzene rings is 2. The molecule has 0 bridgehead atoms. The van der Waals surface area contributed by atoms with Crippen LogP contribution in [0.2, 0.25) is 0 Å². The number of H-pyrrole nitrogens is 1. The Morgan fingerprint density at radius 3 is 2.64 bits per heavy atom. The van der Waals surface area contributed by atoms with Crippen molar-refractivity contribution >= 4 is 22.5 Å². The molecule has 4 nitrogen and oxygen atoms in total. The predicted molar refractivity (Wildman–Crippen MR) is 102 cm³/mol. The van der Waals surface area contributed by atoms with Crippen LogP contribution < -0.4 is 10.9 Å². The van der Waals surface area contributed by atoms with Crippen molar-refractivity contribution in [1.82, 2.24) is 4.98 Å². The number of hydrogen-bond donors (Lipinski definition) is 2. The number of carbonyl (C=O) groups is 1. The molecule has 3 aromatic rings. The number of anilines is 1. The first kappa shape index (κ1) is 17.0. The molecule has 3 rings (SSSR count). The van der Waals surface area contributed by atoms with Crippen LogP contribution in [0.25, 0.3) is 10.9 Å². The largest absolute Gasteiger partial charge is 0.326 e. The van der Waals surface area contributed by atoms with Gasteiger partial charge in [0, 0.05) is 17.7 Å². The van der Waals surface area contributed by atoms with E-state index in [9.17, 15) is 9.59 Å². The Morgan fingerprint density at radius 2 is 1.88 bits per heavy atom. The summed E-state index contributed by atoms with van der Waals surface area (Å²) in [5.74, 6) is -0.0924. The van der Waals surface area contributed by atoms with Crippen LogP contribution in [0.1, 0.15) is 28.7 Å². The van der Waals surface area contributed by atoms with Crippen LogP contribution in [0.4, 0.5) is 5.69 Å². The summed E-state index contributed by atoms with van der Waals surface area (Å²) in [6.45, 7) is 6.01. The van der Waals surface area contributed by atoms with Gasteiger partial charge in [0.25, 0.3) is 5.56 Å². The Balaban J connectivity index is 1.75. The number of aromatic nitrogens is 1. The van der Waals surface area contributed by atoms with E-state index in [4.69, 9.17) is 0 Å². The number of nitrogens with one attached hydrogen (secondary N) is 2. The third-order valence-corrected chi connectivity index (χ3v) is 4.55. The summed E-state index contributed by atoms with van der Waals surface area (Å²) < 4.78 is 0. The van der Waals surface area contributed by atoms with Crippen molar-refractivity contribution in [3.63, 3.8) is 0 Å². The first-order valence-corrected chi connectivity index (χ1v) is 8.42. The molecule has 128 valence electrons. The average Bonchev–Trinajstić information content (AvgIpc) is 2.57. The summed E-state index contributed by atoms with van der Waals surface area (Å²) in [6.07, 6.45) is 0.684. The van der Waals surface area contributed by atoms with Gasteiger partial charge in [0.15, 0.2) is 0 Å². The maximum atomic E-state index is 12.3. The van der Waals surface area contributed by atoms with Crippen LogP contribution in [0, 0.1) is 20.8 Å². The van der Waals surface area contributed by atoms with E-state index in [1.807, 2.05) is 63.2 Å². The number of amides is 1. The van der Waals surface area contributed by atoms with E-state index in [-0.39, 0.29) is 17.9 Å². The minimum atomic E-state index is -0.121. The normalized spacial score (nSPS) is 10.8. The van der Waals surface area contributed by atoms with Crippen molar-refractivity contribution in [1.29, 1.82) is 0 Å². The van der Waals surface area contributed by atoms with Gasteiger partial charge in [0.05, 0.1) is 5.52 Å². The third-order valence-electron chi connectivity index (χ3n) is 4.55. The lowest BCUT2D eigenvalue weighted by Crippen LogP contribution is -2.17. The molecule has 2 aromatic carbocycles. The highest BCUT2D eigenvalue weighted by Crippen LogP contribution is 2.19. The van der Waals surface area contributed by atoms with Gasteiger partial charge in [-0.2, -0.15) is 0 Å². The van der Waals surface area contributed by atoms with Crippen LogP contribution in [0.5, 0.6) is 0 Å². The van der Waals surface area contributed by atoms with Crippen LogP contribution in [0.15, 0.2) is 47.3 Å². The molecule has 0 unspecified atom stereocenters. The quantitative estimate of drug-likeness (QED) is 0.757. The molecule has 0 aliphatic carbocycles. The summed E-state index contributed by atoms with van der Waals surface area (Å²) in [4.78, 5) is 27.4. The number of aromatic amines is 1. The molecule has 0 radical (unpaired) electrons. The second kappa shape index (κ2) is 6.93. The van der Waals surface area contributed by atoms with Gasteiger partial charge in [-0.3, -0.25) is 9.59 Å². The first-order chi connectivity index (χ1) is 11.9. The van der Waals surface area contributed by atoms with E-state index < -0.39 is 0 Å². The molecule has 0 saturated heterocycles. The Morgan fingerprint density at radius 1 is 1.08 bits per heavy atom. The average molecular weight is 334 g/mol. The van der Waals surface area contributed by atoms with Gasteiger partial charge in [-0.1, -0.05) is 24.3 Å². The summed E-state index contributed by atoms with van der Waals surface area (Å²) in [6, 6.07) is 13.6. The van der Waals surface area contributed by atoms with Crippen LogP contribution in [0.3, 0.4) is 0 Å². The van der Waals surface area contributed by atoms with E-state index in [2.05, 4.69) is 10.3 Å². The molecule has 2 N–H and O–H groups in total. The van der Waals surface area contributed by atoms with Gasteiger partial charge >= 0.3 is 0 Å². The molecule has 0 aliphatic heterocycles. The van der Waals surface area contributed by atoms with Gasteiger partial charge in [0.2, 0.25) is 5.91 Å². The van der Waals surface area contributed by atoms with Gasteiger partial charge in [-0.05, 0) is 67.5 Å². The molecule has 4 heteroatoms. The molecule has 0 aliphatic rings. The molecule has 1 amide bonds. The molecule has 0 fully saturated rings. The molecule has 1 heterocycles. The number of fused-ring (bicyclic) bond motifs is 1. The van der Waals surface area contributed by atoms with E-state index in [1.54, 1.807) is 0 Å². The van der Waals surface area contributed by atoms with Crippen molar-refractivity contribution in [2.24, 2.45) is 0 Å². The van der Waals surface area contributed by atoms with E-state index in [0.29, 0.717) is 12.0 Å². The zero-order valence-corrected chi connectivity index (χ0v) is 14.8. The van der Waals surface area contributed by atoms with Crippen molar-refractivity contribution in [3.05, 3.63) is 75.1 Å². The Bertz CT molecular complexity index is 1000. The second-order valence-electron chi connectivity index (χ2n) is 6.51. The smallest absolute Gasteiger partial charge is 0.251 e. The molecule has 25 heavy (non-hydrogen) atoms. The maximum absolute atomic E-state index is 12.3. The minimum Gasteiger partial charge on any atom is -0.326 e. The lowest BCUT2D eigenvalue weighted by atomic mass is 10.0. The monoisotopic (exact) mass is 334 g/mol. The van der Waals surface area contributed by atoms with Gasteiger partial charge in [-0.15, -0.1) is 0 Å². The SMILES string of the molecule is Cc1cccc(NC(=O)CCc2cc3ccc(C)c(C)c3[nH]c2=O)c1. The first-order valence-electron chi connectivity index (χ1n) is 8.42. The number of carbonyl (C=O) groups excluding carboxylic acids is 1. The highest BCUT2D eigenvalue weighted by atomic mass is 16.1. The minimum absolute atomic E-state index is 0.0924. The van der Waals surface area contributed by atoms with Crippen molar-refractivity contribution in [3.8, 4) is 0 Å². The predicted octanol–water partition coefficient (Wildman–Crippen LogP) is 4.02. The molecular formula is C21H22N2O2. The Hall–Kier alpha value is -2.88. The fourth-order valence-corrected chi connectivity index (χ4v) is 2.95. The zero-order valence-electron chi connectivity index (χ0n) is 14.8. The van der Waals surface area contributed by atoms with Crippen molar-refractivity contribution < 1.29 is 4.79 Å². The van der Waals surface area contributed by atoms with Gasteiger partial charge < -0.3 is 10.3 Å². The lowest BCUT2D eigenvalue weighted by molar-refractivity contribution is -0.116. The molecule has 0 atom stereocenters. The van der Waals surface area contributed by atoms with Gasteiger partial charge in [-0.25, -0.2) is 0 Å². The number of pyridine rings is 1. The van der Waals surface area contributed by atoms with Crippen molar-refractivity contribution in [2.75, 3.05) is 5.32 Å². The summed E-state index contributed by atoms with van der Waals surface area (Å²) >= 11 is 0. The van der Waals surface area contributed by atoms with Gasteiger partial charge in [0.1, 0.15) is 0 Å². The van der Waals surface area contributed by atoms with Crippen LogP contribution >= 0.6 is 0 Å². The number of aryl methyl sites for hydroxylation is 4. The van der Waals surface area contributed by atoms with E-state index in [0.717, 1.165) is 33.3 Å². The lowest BCUT2D eigenvalue weighted by Gasteiger charge is -2.08. The fraction of sp³-hybridized carbons (Fsp3) is 0.238. The second-order valence-corrected chi connectivity index (χ2v) is 6.51. The standard InChI is InChI=1S/C21H22N2O2/c1-13-5-4-6-18(11-13)22-19(24)10-9-17-12-16-8-7-14(2)15(3)20(16)23-21(17)25/h4-8,11-12H,9-10H2,1-3H3,(H,22,24)(H,23,25). The van der Waals surface area contributed by atoms with E-state index >= 15 is 0 Å². The summed E-state index contributed by atoms with van der Waals surface area (Å²) in [5.41, 5.74) is 5.49. The number of hydrogen-bond acceptors (Lipinski definition) is 2. The Labute approximate surface area is 146 Å². The zero-order chi connectivity index (χ0) is 18.0. The number of rotatable bonds is 4. The molecule has 1 aromatic heterocycles. The molecule has 0 spiro atoms. The highest BCUT2D eigenvalue weighted by Gasteiger charge is 2.09. The summed E-state index contributed by atoms with van der Waals surface area (Å²) in [7, 11) is 0. The maximum Gasteiger partial charge on any atom is 0.251 e. The van der Waals surface area contributed by atoms with Crippen molar-refractivity contribution in [2.45, 2.75) is 33.6 Å². The third kappa shape index (κ3) is 3.79. The molecule has 0 saturated carbocycles. The summed E-state index contributed by atoms with van der Waals surface area (Å²) in [5, 5.41) is 3.87. The fourth-order valence-electron chi connectivity index (χ4n) is 2.95. The highest BCUT2D eigenvalue weighted by molar-refractivity contribution is 5.91. The molecular weight excluding hydrogens is 312 g/mol. The topological polar surface area (TPSA) is 62.0 Å². The van der Waals surface area contributed by atoms with E-state index in [1.165, 1.54) is 0 Å². The van der Waals surface area contributed by atoms with Crippen LogP contribution in [-0.2, 0) is 11.2 Å². The van der Waals surface area contributed by atoms with Crippen LogP contribution in [-0.4, -0.2) is 10.9 Å².